The van der Waals surface area contributed by atoms with Gasteiger partial charge in [0.15, 0.2) is 11.6 Å². The number of hydrogen-bond acceptors (Lipinski definition) is 2. The molecule has 0 aliphatic carbocycles. The molecule has 1 saturated heterocycles. The smallest absolute Gasteiger partial charge is 0.255 e. The topological polar surface area (TPSA) is 46.3 Å². The van der Waals surface area contributed by atoms with Crippen LogP contribution in [0.4, 0.5) is 8.78 Å². The van der Waals surface area contributed by atoms with E-state index in [2.05, 4.69) is 0 Å². The molecule has 21 heavy (non-hydrogen) atoms. The summed E-state index contributed by atoms with van der Waals surface area (Å²) in [6.45, 7) is 3.14. The molecule has 1 aromatic rings. The maximum absolute atomic E-state index is 13.3. The number of benzene rings is 1. The van der Waals surface area contributed by atoms with Crippen LogP contribution >= 0.6 is 35.0 Å². The molecule has 0 bridgehead atoms. The molecule has 3 nitrogen and oxygen atoms in total. The Labute approximate surface area is 142 Å². The van der Waals surface area contributed by atoms with Crippen LogP contribution in [0.5, 0.6) is 0 Å². The van der Waals surface area contributed by atoms with E-state index >= 15 is 0 Å². The van der Waals surface area contributed by atoms with Gasteiger partial charge in [-0.25, -0.2) is 8.78 Å². The number of hydrogen-bond donors (Lipinski definition) is 1. The molecule has 1 amide bonds. The zero-order valence-electron chi connectivity index (χ0n) is 11.6. The zero-order chi connectivity index (χ0) is 14.9. The largest absolute Gasteiger partial charge is 0.338 e. The highest BCUT2D eigenvalue weighted by Crippen LogP contribution is 2.23. The Morgan fingerprint density at radius 1 is 1.43 bits per heavy atom. The van der Waals surface area contributed by atoms with Crippen molar-refractivity contribution in [2.45, 2.75) is 25.8 Å². The molecule has 0 spiro atoms. The minimum absolute atomic E-state index is 0. The van der Waals surface area contributed by atoms with Crippen molar-refractivity contribution in [1.29, 1.82) is 0 Å². The standard InChI is InChI=1S/C14H17F2IN2O.ClH/c1-8(18)9-3-2-4-19(7-9)14(20)10-5-11(15)12(16)6-13(10)17;/h5-6,8-9H,2-4,7,18H2,1H3;1H. The molecule has 7 heteroatoms. The van der Waals surface area contributed by atoms with Gasteiger partial charge in [0.1, 0.15) is 0 Å². The molecule has 1 aliphatic heterocycles. The van der Waals surface area contributed by atoms with Gasteiger partial charge in [0.2, 0.25) is 0 Å². The van der Waals surface area contributed by atoms with Crippen molar-refractivity contribution >= 4 is 40.9 Å². The quantitative estimate of drug-likeness (QED) is 0.579. The van der Waals surface area contributed by atoms with E-state index in [0.29, 0.717) is 16.7 Å². The summed E-state index contributed by atoms with van der Waals surface area (Å²) in [4.78, 5) is 14.1. The molecule has 1 aromatic carbocycles. The van der Waals surface area contributed by atoms with E-state index in [0.717, 1.165) is 25.0 Å². The van der Waals surface area contributed by atoms with Crippen LogP contribution in [0.3, 0.4) is 0 Å². The lowest BCUT2D eigenvalue weighted by Gasteiger charge is -2.34. The Hall–Kier alpha value is -0.470. The lowest BCUT2D eigenvalue weighted by Crippen LogP contribution is -2.45. The van der Waals surface area contributed by atoms with Gasteiger partial charge in [-0.15, -0.1) is 12.4 Å². The van der Waals surface area contributed by atoms with Crippen molar-refractivity contribution in [1.82, 2.24) is 4.90 Å². The number of nitrogens with two attached hydrogens (primary N) is 1. The third-order valence-corrected chi connectivity index (χ3v) is 4.62. The van der Waals surface area contributed by atoms with Crippen molar-refractivity contribution < 1.29 is 13.6 Å². The first-order chi connectivity index (χ1) is 9.40. The van der Waals surface area contributed by atoms with Gasteiger partial charge < -0.3 is 10.6 Å². The van der Waals surface area contributed by atoms with Crippen LogP contribution in [0.15, 0.2) is 12.1 Å². The summed E-state index contributed by atoms with van der Waals surface area (Å²) < 4.78 is 26.9. The van der Waals surface area contributed by atoms with Crippen LogP contribution < -0.4 is 5.73 Å². The minimum Gasteiger partial charge on any atom is -0.338 e. The van der Waals surface area contributed by atoms with Gasteiger partial charge in [-0.3, -0.25) is 4.79 Å². The molecule has 1 aliphatic rings. The highest BCUT2D eigenvalue weighted by molar-refractivity contribution is 14.1. The molecule has 0 aromatic heterocycles. The Kier molecular flexibility index (Phi) is 6.80. The molecule has 1 fully saturated rings. The number of likely N-dealkylation sites (tertiary alicyclic amines) is 1. The van der Waals surface area contributed by atoms with E-state index in [4.69, 9.17) is 5.73 Å². The first-order valence-corrected chi connectivity index (χ1v) is 7.67. The summed E-state index contributed by atoms with van der Waals surface area (Å²) in [6, 6.07) is 2.06. The fourth-order valence-corrected chi connectivity index (χ4v) is 3.14. The van der Waals surface area contributed by atoms with Crippen molar-refractivity contribution in [3.8, 4) is 0 Å². The van der Waals surface area contributed by atoms with Gasteiger partial charge in [0.25, 0.3) is 5.91 Å². The van der Waals surface area contributed by atoms with E-state index in [9.17, 15) is 13.6 Å². The van der Waals surface area contributed by atoms with Crippen LogP contribution in [0.2, 0.25) is 0 Å². The van der Waals surface area contributed by atoms with E-state index in [-0.39, 0.29) is 35.8 Å². The summed E-state index contributed by atoms with van der Waals surface area (Å²) >= 11 is 1.85. The Bertz CT molecular complexity index is 528. The van der Waals surface area contributed by atoms with E-state index in [1.807, 2.05) is 29.5 Å². The zero-order valence-corrected chi connectivity index (χ0v) is 14.6. The molecule has 0 saturated carbocycles. The van der Waals surface area contributed by atoms with Crippen LogP contribution in [0.25, 0.3) is 0 Å². The average molecular weight is 431 g/mol. The highest BCUT2D eigenvalue weighted by atomic mass is 127. The summed E-state index contributed by atoms with van der Waals surface area (Å²) in [5, 5.41) is 0. The van der Waals surface area contributed by atoms with Gasteiger partial charge in [-0.05, 0) is 60.4 Å². The van der Waals surface area contributed by atoms with Gasteiger partial charge in [-0.2, -0.15) is 0 Å². The first-order valence-electron chi connectivity index (χ1n) is 6.59. The second-order valence-electron chi connectivity index (χ2n) is 5.26. The van der Waals surface area contributed by atoms with Crippen molar-refractivity contribution in [2.75, 3.05) is 13.1 Å². The number of piperidine rings is 1. The molecular weight excluding hydrogens is 413 g/mol. The number of halogens is 4. The van der Waals surface area contributed by atoms with E-state index in [1.165, 1.54) is 0 Å². The van der Waals surface area contributed by atoms with Crippen LogP contribution in [0.1, 0.15) is 30.1 Å². The van der Waals surface area contributed by atoms with Crippen LogP contribution in [-0.2, 0) is 0 Å². The Morgan fingerprint density at radius 3 is 2.67 bits per heavy atom. The van der Waals surface area contributed by atoms with Gasteiger partial charge in [-0.1, -0.05) is 0 Å². The third-order valence-electron chi connectivity index (χ3n) is 3.73. The minimum atomic E-state index is -0.991. The summed E-state index contributed by atoms with van der Waals surface area (Å²) in [5.41, 5.74) is 6.11. The normalized spacial score (nSPS) is 19.9. The number of rotatable bonds is 2. The second-order valence-corrected chi connectivity index (χ2v) is 6.42. The van der Waals surface area contributed by atoms with Crippen molar-refractivity contribution in [3.63, 3.8) is 0 Å². The molecule has 2 rings (SSSR count). The number of nitrogens with zero attached hydrogens (tertiary/aromatic N) is 1. The van der Waals surface area contributed by atoms with Crippen molar-refractivity contribution in [2.24, 2.45) is 11.7 Å². The molecule has 1 heterocycles. The Balaban J connectivity index is 0.00000220. The maximum Gasteiger partial charge on any atom is 0.255 e. The fraction of sp³-hybridized carbons (Fsp3) is 0.500. The molecular formula is C14H18ClF2IN2O. The number of carbonyl (C=O) groups excluding carboxylic acids is 1. The molecule has 2 unspecified atom stereocenters. The number of carbonyl (C=O) groups is 1. The predicted molar refractivity (Wildman–Crippen MR) is 88.6 cm³/mol. The van der Waals surface area contributed by atoms with Crippen molar-refractivity contribution in [3.05, 3.63) is 32.9 Å². The first kappa shape index (κ1) is 18.6. The summed E-state index contributed by atoms with van der Waals surface area (Å²) in [5.74, 6) is -1.91. The predicted octanol–water partition coefficient (Wildman–Crippen LogP) is 3.19. The molecule has 0 radical (unpaired) electrons. The number of amides is 1. The maximum atomic E-state index is 13.3. The van der Waals surface area contributed by atoms with E-state index < -0.39 is 11.6 Å². The van der Waals surface area contributed by atoms with Crippen LogP contribution in [-0.4, -0.2) is 29.9 Å². The second kappa shape index (κ2) is 7.69. The highest BCUT2D eigenvalue weighted by Gasteiger charge is 2.28. The van der Waals surface area contributed by atoms with E-state index in [1.54, 1.807) is 4.90 Å². The SMILES string of the molecule is CC(N)C1CCCN(C(=O)c2cc(F)c(F)cc2I)C1.Cl. The summed E-state index contributed by atoms with van der Waals surface area (Å²) in [7, 11) is 0. The molecule has 118 valence electrons. The fourth-order valence-electron chi connectivity index (χ4n) is 2.48. The molecule has 2 atom stereocenters. The monoisotopic (exact) mass is 430 g/mol. The van der Waals surface area contributed by atoms with Gasteiger partial charge in [0.05, 0.1) is 5.56 Å². The van der Waals surface area contributed by atoms with Crippen LogP contribution in [0, 0.1) is 21.1 Å². The molecule has 2 N–H and O–H groups in total. The lowest BCUT2D eigenvalue weighted by molar-refractivity contribution is 0.0659. The lowest BCUT2D eigenvalue weighted by atomic mass is 9.92. The van der Waals surface area contributed by atoms with Gasteiger partial charge >= 0.3 is 0 Å². The Morgan fingerprint density at radius 2 is 2.05 bits per heavy atom. The average Bonchev–Trinajstić information content (AvgIpc) is 2.42. The third kappa shape index (κ3) is 4.26. The van der Waals surface area contributed by atoms with Gasteiger partial charge in [0, 0.05) is 22.7 Å². The summed E-state index contributed by atoms with van der Waals surface area (Å²) in [6.07, 6.45) is 1.88.